The topological polar surface area (TPSA) is 66.5 Å². The van der Waals surface area contributed by atoms with Crippen molar-refractivity contribution in [2.75, 3.05) is 16.2 Å². The number of fused-ring (bicyclic) bond motifs is 1. The van der Waals surface area contributed by atoms with Gasteiger partial charge in [-0.05, 0) is 73.0 Å². The van der Waals surface area contributed by atoms with E-state index in [0.717, 1.165) is 28.6 Å². The van der Waals surface area contributed by atoms with Crippen LogP contribution in [0.1, 0.15) is 22.3 Å². The molecule has 8 heteroatoms. The summed E-state index contributed by atoms with van der Waals surface area (Å²) in [6.45, 7) is 0.315. The lowest BCUT2D eigenvalue weighted by Crippen LogP contribution is -2.35. The Balaban J connectivity index is 1.66. The van der Waals surface area contributed by atoms with Gasteiger partial charge in [0.1, 0.15) is 5.82 Å². The second-order valence-corrected chi connectivity index (χ2v) is 9.72. The van der Waals surface area contributed by atoms with E-state index in [2.05, 4.69) is 21.2 Å². The van der Waals surface area contributed by atoms with Crippen molar-refractivity contribution in [1.29, 1.82) is 0 Å². The van der Waals surface area contributed by atoms with Crippen LogP contribution in [-0.2, 0) is 16.4 Å². The summed E-state index contributed by atoms with van der Waals surface area (Å²) in [6.07, 6.45) is 1.42. The molecule has 1 heterocycles. The van der Waals surface area contributed by atoms with Gasteiger partial charge in [-0.1, -0.05) is 28.1 Å². The van der Waals surface area contributed by atoms with Crippen LogP contribution in [0.3, 0.4) is 0 Å². The van der Waals surface area contributed by atoms with E-state index in [9.17, 15) is 17.6 Å². The molecule has 0 saturated heterocycles. The van der Waals surface area contributed by atoms with Crippen molar-refractivity contribution in [2.24, 2.45) is 0 Å². The molecule has 0 atom stereocenters. The molecule has 0 fully saturated rings. The van der Waals surface area contributed by atoms with E-state index in [4.69, 9.17) is 0 Å². The number of anilines is 2. The minimum absolute atomic E-state index is 0.0281. The third-order valence-electron chi connectivity index (χ3n) is 4.91. The van der Waals surface area contributed by atoms with Gasteiger partial charge in [0.2, 0.25) is 0 Å². The summed E-state index contributed by atoms with van der Waals surface area (Å²) < 4.78 is 41.7. The summed E-state index contributed by atoms with van der Waals surface area (Å²) in [4.78, 5) is 12.6. The first-order valence-electron chi connectivity index (χ1n) is 9.33. The Morgan fingerprint density at radius 3 is 2.53 bits per heavy atom. The minimum atomic E-state index is -3.85. The molecule has 0 bridgehead atoms. The maximum atomic E-state index is 13.2. The van der Waals surface area contributed by atoms with Crippen molar-refractivity contribution >= 4 is 43.2 Å². The zero-order valence-electron chi connectivity index (χ0n) is 15.8. The lowest BCUT2D eigenvalue weighted by Gasteiger charge is -2.31. The molecule has 4 rings (SSSR count). The quantitative estimate of drug-likeness (QED) is 0.562. The zero-order valence-corrected chi connectivity index (χ0v) is 18.2. The number of benzene rings is 3. The van der Waals surface area contributed by atoms with Crippen molar-refractivity contribution in [2.45, 2.75) is 17.7 Å². The van der Waals surface area contributed by atoms with Gasteiger partial charge in [0.15, 0.2) is 0 Å². The fourth-order valence-corrected chi connectivity index (χ4v) is 5.37. The van der Waals surface area contributed by atoms with Gasteiger partial charge in [-0.3, -0.25) is 9.10 Å². The highest BCUT2D eigenvalue weighted by molar-refractivity contribution is 9.10. The highest BCUT2D eigenvalue weighted by atomic mass is 79.9. The number of nitrogens with zero attached hydrogens (tertiary/aromatic N) is 1. The number of carbonyl (C=O) groups excluding carboxylic acids is 1. The SMILES string of the molecule is O=C(Nc1ccc2c(c1)N(S(=O)(=O)c1ccc(F)cc1)CCC2)c1cccc(Br)c1. The van der Waals surface area contributed by atoms with Crippen LogP contribution in [0.2, 0.25) is 0 Å². The number of amides is 1. The Morgan fingerprint density at radius 1 is 1.03 bits per heavy atom. The van der Waals surface area contributed by atoms with Crippen LogP contribution in [0.5, 0.6) is 0 Å². The van der Waals surface area contributed by atoms with Crippen molar-refractivity contribution in [3.63, 3.8) is 0 Å². The maximum absolute atomic E-state index is 13.2. The van der Waals surface area contributed by atoms with E-state index in [1.54, 1.807) is 30.3 Å². The number of sulfonamides is 1. The number of nitrogens with one attached hydrogen (secondary N) is 1. The predicted octanol–water partition coefficient (Wildman–Crippen LogP) is 4.98. The van der Waals surface area contributed by atoms with Crippen LogP contribution in [0.4, 0.5) is 15.8 Å². The van der Waals surface area contributed by atoms with Crippen LogP contribution >= 0.6 is 15.9 Å². The smallest absolute Gasteiger partial charge is 0.264 e. The second kappa shape index (κ2) is 8.20. The minimum Gasteiger partial charge on any atom is -0.322 e. The van der Waals surface area contributed by atoms with Crippen LogP contribution in [0, 0.1) is 5.82 Å². The predicted molar refractivity (Wildman–Crippen MR) is 118 cm³/mol. The van der Waals surface area contributed by atoms with E-state index < -0.39 is 15.8 Å². The molecule has 5 nitrogen and oxygen atoms in total. The second-order valence-electron chi connectivity index (χ2n) is 6.94. The number of halogens is 2. The van der Waals surface area contributed by atoms with E-state index in [1.165, 1.54) is 16.4 Å². The number of hydrogen-bond acceptors (Lipinski definition) is 3. The molecule has 3 aromatic carbocycles. The Bertz CT molecular complexity index is 1210. The standard InChI is InChI=1S/C22H18BrFN2O3S/c23-17-5-1-3-16(13-17)22(27)25-19-9-6-15-4-2-12-26(21(15)14-19)30(28,29)20-10-7-18(24)8-11-20/h1,3,5-11,13-14H,2,4,12H2,(H,25,27). The molecule has 0 aromatic heterocycles. The van der Waals surface area contributed by atoms with Crippen LogP contribution in [0.15, 0.2) is 76.1 Å². The highest BCUT2D eigenvalue weighted by Crippen LogP contribution is 2.34. The molecule has 0 radical (unpaired) electrons. The molecule has 30 heavy (non-hydrogen) atoms. The lowest BCUT2D eigenvalue weighted by atomic mass is 10.0. The monoisotopic (exact) mass is 488 g/mol. The number of rotatable bonds is 4. The van der Waals surface area contributed by atoms with Crippen molar-refractivity contribution in [3.8, 4) is 0 Å². The summed E-state index contributed by atoms with van der Waals surface area (Å²) in [5.74, 6) is -0.787. The maximum Gasteiger partial charge on any atom is 0.264 e. The van der Waals surface area contributed by atoms with Gasteiger partial charge in [-0.25, -0.2) is 12.8 Å². The number of hydrogen-bond donors (Lipinski definition) is 1. The fourth-order valence-electron chi connectivity index (χ4n) is 3.44. The van der Waals surface area contributed by atoms with Gasteiger partial charge in [-0.2, -0.15) is 0 Å². The molecule has 1 aliphatic heterocycles. The van der Waals surface area contributed by atoms with E-state index in [0.29, 0.717) is 29.9 Å². The van der Waals surface area contributed by atoms with Gasteiger partial charge in [0, 0.05) is 22.3 Å². The normalized spacial score (nSPS) is 13.6. The highest BCUT2D eigenvalue weighted by Gasteiger charge is 2.29. The Kier molecular flexibility index (Phi) is 5.62. The zero-order chi connectivity index (χ0) is 21.3. The molecule has 0 spiro atoms. The molecule has 0 aliphatic carbocycles. The third kappa shape index (κ3) is 4.11. The summed E-state index contributed by atoms with van der Waals surface area (Å²) in [5, 5.41) is 2.82. The average molecular weight is 489 g/mol. The molecular formula is C22H18BrFN2O3S. The molecule has 0 unspecified atom stereocenters. The van der Waals surface area contributed by atoms with Gasteiger partial charge in [0.05, 0.1) is 10.6 Å². The summed E-state index contributed by atoms with van der Waals surface area (Å²) >= 11 is 3.34. The Morgan fingerprint density at radius 2 is 1.80 bits per heavy atom. The van der Waals surface area contributed by atoms with Gasteiger partial charge in [-0.15, -0.1) is 0 Å². The molecule has 0 saturated carbocycles. The summed E-state index contributed by atoms with van der Waals surface area (Å²) in [7, 11) is -3.85. The molecule has 3 aromatic rings. The molecule has 154 valence electrons. The fraction of sp³-hybridized carbons (Fsp3) is 0.136. The van der Waals surface area contributed by atoms with Crippen LogP contribution in [-0.4, -0.2) is 20.9 Å². The van der Waals surface area contributed by atoms with Gasteiger partial charge >= 0.3 is 0 Å². The molecular weight excluding hydrogens is 471 g/mol. The molecule has 1 amide bonds. The average Bonchev–Trinajstić information content (AvgIpc) is 2.73. The first-order chi connectivity index (χ1) is 14.3. The van der Waals surface area contributed by atoms with E-state index >= 15 is 0 Å². The van der Waals surface area contributed by atoms with E-state index in [1.807, 2.05) is 12.1 Å². The van der Waals surface area contributed by atoms with Crippen molar-refractivity contribution in [1.82, 2.24) is 0 Å². The van der Waals surface area contributed by atoms with Gasteiger partial charge in [0.25, 0.3) is 15.9 Å². The Labute approximate surface area is 182 Å². The van der Waals surface area contributed by atoms with Crippen LogP contribution < -0.4 is 9.62 Å². The molecule has 1 aliphatic rings. The van der Waals surface area contributed by atoms with Crippen molar-refractivity contribution < 1.29 is 17.6 Å². The first kappa shape index (κ1) is 20.6. The van der Waals surface area contributed by atoms with E-state index in [-0.39, 0.29) is 10.8 Å². The number of aryl methyl sites for hydroxylation is 1. The van der Waals surface area contributed by atoms with Crippen molar-refractivity contribution in [3.05, 3.63) is 88.1 Å². The Hall–Kier alpha value is -2.71. The first-order valence-corrected chi connectivity index (χ1v) is 11.6. The summed E-state index contributed by atoms with van der Waals surface area (Å²) in [5.41, 5.74) is 2.39. The third-order valence-corrected chi connectivity index (χ3v) is 7.23. The lowest BCUT2D eigenvalue weighted by molar-refractivity contribution is 0.102. The van der Waals surface area contributed by atoms with Crippen LogP contribution in [0.25, 0.3) is 0 Å². The largest absolute Gasteiger partial charge is 0.322 e. The summed E-state index contributed by atoms with van der Waals surface area (Å²) in [6, 6.07) is 17.1. The molecule has 1 N–H and O–H groups in total. The van der Waals surface area contributed by atoms with Gasteiger partial charge < -0.3 is 5.32 Å². The number of carbonyl (C=O) groups is 1.